The van der Waals surface area contributed by atoms with E-state index in [1.54, 1.807) is 6.92 Å². The van der Waals surface area contributed by atoms with Crippen LogP contribution in [-0.4, -0.2) is 36.6 Å². The molecule has 2 rings (SSSR count). The fourth-order valence-corrected chi connectivity index (χ4v) is 2.24. The fraction of sp³-hybridized carbons (Fsp3) is 0.429. The van der Waals surface area contributed by atoms with E-state index in [4.69, 9.17) is 4.74 Å². The van der Waals surface area contributed by atoms with Crippen molar-refractivity contribution in [3.63, 3.8) is 0 Å². The number of hydrogen-bond acceptors (Lipinski definition) is 3. The topological polar surface area (TPSA) is 58.6 Å². The molecule has 1 fully saturated rings. The first kappa shape index (κ1) is 13.4. The van der Waals surface area contributed by atoms with Crippen molar-refractivity contribution in [1.29, 1.82) is 0 Å². The van der Waals surface area contributed by atoms with Gasteiger partial charge in [-0.25, -0.2) is 4.79 Å². The van der Waals surface area contributed by atoms with Gasteiger partial charge in [-0.05, 0) is 19.4 Å². The quantitative estimate of drug-likeness (QED) is 0.881. The number of hydrogen-bond donors (Lipinski definition) is 1. The van der Waals surface area contributed by atoms with Crippen molar-refractivity contribution in [3.8, 4) is 0 Å². The van der Waals surface area contributed by atoms with Crippen LogP contribution in [0, 0.1) is 6.92 Å². The molecule has 1 heterocycles. The normalized spacial score (nSPS) is 18.9. The fourth-order valence-electron chi connectivity index (χ4n) is 2.24. The Bertz CT molecular complexity index is 487. The third-order valence-electron chi connectivity index (χ3n) is 3.07. The summed E-state index contributed by atoms with van der Waals surface area (Å²) in [5.74, 6) is -0.162. The lowest BCUT2D eigenvalue weighted by Gasteiger charge is -2.34. The van der Waals surface area contributed by atoms with Crippen molar-refractivity contribution in [2.24, 2.45) is 0 Å². The molecule has 1 unspecified atom stereocenters. The second-order valence-electron chi connectivity index (χ2n) is 4.50. The molecule has 5 heteroatoms. The summed E-state index contributed by atoms with van der Waals surface area (Å²) in [6.07, 6.45) is -0.441. The predicted molar refractivity (Wildman–Crippen MR) is 70.7 cm³/mol. The van der Waals surface area contributed by atoms with Crippen LogP contribution in [0.15, 0.2) is 24.3 Å². The molecule has 0 saturated carbocycles. The number of rotatable bonds is 2. The first-order chi connectivity index (χ1) is 9.13. The molecule has 1 aliphatic rings. The van der Waals surface area contributed by atoms with Gasteiger partial charge in [0.15, 0.2) is 0 Å². The minimum absolute atomic E-state index is 0.162. The number of nitrogens with zero attached hydrogens (tertiary/aromatic N) is 1. The van der Waals surface area contributed by atoms with Gasteiger partial charge < -0.3 is 10.1 Å². The van der Waals surface area contributed by atoms with Gasteiger partial charge in [-0.3, -0.25) is 9.69 Å². The monoisotopic (exact) mass is 262 g/mol. The molecule has 1 aromatic rings. The molecule has 0 spiro atoms. The van der Waals surface area contributed by atoms with Crippen LogP contribution in [0.1, 0.15) is 24.1 Å². The summed E-state index contributed by atoms with van der Waals surface area (Å²) in [6.45, 7) is 4.93. The molecule has 1 aromatic carbocycles. The van der Waals surface area contributed by atoms with E-state index in [9.17, 15) is 9.59 Å². The number of nitrogens with one attached hydrogen (secondary N) is 1. The molecule has 1 N–H and O–H groups in total. The zero-order valence-electron chi connectivity index (χ0n) is 11.2. The van der Waals surface area contributed by atoms with Gasteiger partial charge in [0.05, 0.1) is 6.61 Å². The Morgan fingerprint density at radius 3 is 3.00 bits per heavy atom. The maximum absolute atomic E-state index is 12.1. The molecular formula is C14H18N2O3. The highest BCUT2D eigenvalue weighted by molar-refractivity contribution is 5.88. The predicted octanol–water partition coefficient (Wildman–Crippen LogP) is 1.62. The summed E-state index contributed by atoms with van der Waals surface area (Å²) in [6, 6.07) is 7.01. The third-order valence-corrected chi connectivity index (χ3v) is 3.07. The van der Waals surface area contributed by atoms with Crippen molar-refractivity contribution >= 4 is 12.0 Å². The lowest BCUT2D eigenvalue weighted by molar-refractivity contribution is -0.128. The summed E-state index contributed by atoms with van der Waals surface area (Å²) >= 11 is 0. The average Bonchev–Trinajstić information content (AvgIpc) is 2.38. The Kier molecular flexibility index (Phi) is 4.04. The summed E-state index contributed by atoms with van der Waals surface area (Å²) in [4.78, 5) is 25.5. The lowest BCUT2D eigenvalue weighted by Crippen LogP contribution is -2.52. The standard InChI is InChI=1S/C14H18N2O3/c1-3-19-14(18)16-8-7-15-13(17)12(16)11-6-4-5-10(2)9-11/h4-6,9,12H,3,7-8H2,1-2H3,(H,15,17). The summed E-state index contributed by atoms with van der Waals surface area (Å²) in [5.41, 5.74) is 1.87. The number of ether oxygens (including phenoxy) is 1. The summed E-state index contributed by atoms with van der Waals surface area (Å²) in [7, 11) is 0. The van der Waals surface area contributed by atoms with Crippen molar-refractivity contribution in [2.45, 2.75) is 19.9 Å². The van der Waals surface area contributed by atoms with Gasteiger partial charge in [0.2, 0.25) is 5.91 Å². The van der Waals surface area contributed by atoms with Crippen LogP contribution in [0.5, 0.6) is 0 Å². The second-order valence-corrected chi connectivity index (χ2v) is 4.50. The minimum atomic E-state index is -0.604. The van der Waals surface area contributed by atoms with Crippen molar-refractivity contribution < 1.29 is 14.3 Å². The number of aryl methyl sites for hydroxylation is 1. The van der Waals surface area contributed by atoms with E-state index in [1.165, 1.54) is 4.90 Å². The molecule has 0 bridgehead atoms. The molecule has 0 radical (unpaired) electrons. The third kappa shape index (κ3) is 2.86. The van der Waals surface area contributed by atoms with Crippen LogP contribution >= 0.6 is 0 Å². The molecule has 19 heavy (non-hydrogen) atoms. The van der Waals surface area contributed by atoms with Crippen molar-refractivity contribution in [1.82, 2.24) is 10.2 Å². The van der Waals surface area contributed by atoms with Crippen LogP contribution in [0.25, 0.3) is 0 Å². The molecule has 102 valence electrons. The van der Waals surface area contributed by atoms with Gasteiger partial charge in [-0.2, -0.15) is 0 Å². The second kappa shape index (κ2) is 5.73. The molecule has 5 nitrogen and oxygen atoms in total. The average molecular weight is 262 g/mol. The van der Waals surface area contributed by atoms with E-state index in [-0.39, 0.29) is 5.91 Å². The number of carbonyl (C=O) groups is 2. The molecular weight excluding hydrogens is 244 g/mol. The lowest BCUT2D eigenvalue weighted by atomic mass is 10.0. The Hall–Kier alpha value is -2.04. The van der Waals surface area contributed by atoms with E-state index in [0.717, 1.165) is 11.1 Å². The number of carbonyl (C=O) groups excluding carboxylic acids is 2. The van der Waals surface area contributed by atoms with Crippen LogP contribution in [0.3, 0.4) is 0 Å². The highest BCUT2D eigenvalue weighted by atomic mass is 16.6. The van der Waals surface area contributed by atoms with E-state index < -0.39 is 12.1 Å². The summed E-state index contributed by atoms with van der Waals surface area (Å²) in [5, 5.41) is 2.79. The van der Waals surface area contributed by atoms with Crippen LogP contribution in [0.4, 0.5) is 4.79 Å². The Morgan fingerprint density at radius 2 is 2.32 bits per heavy atom. The van der Waals surface area contributed by atoms with E-state index >= 15 is 0 Å². The van der Waals surface area contributed by atoms with Crippen molar-refractivity contribution in [3.05, 3.63) is 35.4 Å². The maximum Gasteiger partial charge on any atom is 0.410 e. The first-order valence-corrected chi connectivity index (χ1v) is 6.41. The molecule has 1 saturated heterocycles. The van der Waals surface area contributed by atoms with Crippen LogP contribution in [-0.2, 0) is 9.53 Å². The maximum atomic E-state index is 12.1. The van der Waals surface area contributed by atoms with E-state index in [0.29, 0.717) is 19.7 Å². The van der Waals surface area contributed by atoms with Gasteiger partial charge in [-0.1, -0.05) is 29.8 Å². The van der Waals surface area contributed by atoms with Gasteiger partial charge in [0.25, 0.3) is 0 Å². The number of piperazine rings is 1. The van der Waals surface area contributed by atoms with Crippen LogP contribution < -0.4 is 5.32 Å². The SMILES string of the molecule is CCOC(=O)N1CCNC(=O)C1c1cccc(C)c1. The minimum Gasteiger partial charge on any atom is -0.450 e. The van der Waals surface area contributed by atoms with Gasteiger partial charge in [0, 0.05) is 13.1 Å². The highest BCUT2D eigenvalue weighted by Gasteiger charge is 2.35. The first-order valence-electron chi connectivity index (χ1n) is 6.41. The largest absolute Gasteiger partial charge is 0.450 e. The van der Waals surface area contributed by atoms with Crippen LogP contribution in [0.2, 0.25) is 0 Å². The molecule has 2 amide bonds. The van der Waals surface area contributed by atoms with Gasteiger partial charge >= 0.3 is 6.09 Å². The Balaban J connectivity index is 2.31. The zero-order valence-corrected chi connectivity index (χ0v) is 11.2. The van der Waals surface area contributed by atoms with Gasteiger partial charge in [0.1, 0.15) is 6.04 Å². The van der Waals surface area contributed by atoms with Gasteiger partial charge in [-0.15, -0.1) is 0 Å². The molecule has 1 aliphatic heterocycles. The Labute approximate surface area is 112 Å². The molecule has 1 atom stereocenters. The number of amides is 2. The smallest absolute Gasteiger partial charge is 0.410 e. The Morgan fingerprint density at radius 1 is 1.53 bits per heavy atom. The number of benzene rings is 1. The van der Waals surface area contributed by atoms with Crippen molar-refractivity contribution in [2.75, 3.05) is 19.7 Å². The highest BCUT2D eigenvalue weighted by Crippen LogP contribution is 2.24. The summed E-state index contributed by atoms with van der Waals surface area (Å²) < 4.78 is 5.02. The van der Waals surface area contributed by atoms with E-state index in [1.807, 2.05) is 31.2 Å². The molecule has 0 aromatic heterocycles. The zero-order chi connectivity index (χ0) is 13.8. The molecule has 0 aliphatic carbocycles. The van der Waals surface area contributed by atoms with E-state index in [2.05, 4.69) is 5.32 Å².